The van der Waals surface area contributed by atoms with Gasteiger partial charge in [0.05, 0.1) is 12.6 Å². The fourth-order valence-corrected chi connectivity index (χ4v) is 3.31. The van der Waals surface area contributed by atoms with Gasteiger partial charge in [-0.2, -0.15) is 0 Å². The highest BCUT2D eigenvalue weighted by Crippen LogP contribution is 2.32. The largest absolute Gasteiger partial charge is 0.494 e. The van der Waals surface area contributed by atoms with Crippen LogP contribution in [-0.2, 0) is 0 Å². The first-order chi connectivity index (χ1) is 10.0. The summed E-state index contributed by atoms with van der Waals surface area (Å²) >= 11 is 6.90. The standard InChI is InChI=1S/C16H16Br2FNO/c1-3-21-13-4-5-14(15(18)9-13)16(20-2)10-6-11(17)8-12(19)7-10/h4-9,16,20H,3H2,1-2H3. The lowest BCUT2D eigenvalue weighted by Crippen LogP contribution is -2.18. The fourth-order valence-electron chi connectivity index (χ4n) is 2.24. The number of hydrogen-bond donors (Lipinski definition) is 1. The van der Waals surface area contributed by atoms with Crippen LogP contribution in [0.15, 0.2) is 45.3 Å². The molecule has 0 aromatic heterocycles. The molecule has 0 heterocycles. The number of ether oxygens (including phenoxy) is 1. The van der Waals surface area contributed by atoms with Gasteiger partial charge in [-0.05, 0) is 55.4 Å². The molecule has 0 aliphatic rings. The van der Waals surface area contributed by atoms with Crippen LogP contribution >= 0.6 is 31.9 Å². The Morgan fingerprint density at radius 3 is 2.52 bits per heavy atom. The number of rotatable bonds is 5. The molecule has 0 saturated heterocycles. The lowest BCUT2D eigenvalue weighted by molar-refractivity contribution is 0.340. The molecule has 0 aliphatic heterocycles. The van der Waals surface area contributed by atoms with Gasteiger partial charge in [0.2, 0.25) is 0 Å². The first-order valence-electron chi connectivity index (χ1n) is 6.60. The third-order valence-corrected chi connectivity index (χ3v) is 4.25. The molecular weight excluding hydrogens is 401 g/mol. The minimum atomic E-state index is -0.262. The first-order valence-corrected chi connectivity index (χ1v) is 8.19. The van der Waals surface area contributed by atoms with Gasteiger partial charge in [0.25, 0.3) is 0 Å². The van der Waals surface area contributed by atoms with E-state index in [1.807, 2.05) is 38.2 Å². The van der Waals surface area contributed by atoms with Gasteiger partial charge in [0, 0.05) is 8.95 Å². The normalized spacial score (nSPS) is 12.2. The van der Waals surface area contributed by atoms with Gasteiger partial charge in [-0.25, -0.2) is 4.39 Å². The summed E-state index contributed by atoms with van der Waals surface area (Å²) in [5.41, 5.74) is 1.88. The van der Waals surface area contributed by atoms with Crippen LogP contribution in [0.4, 0.5) is 4.39 Å². The Balaban J connectivity index is 2.41. The maximum absolute atomic E-state index is 13.6. The summed E-state index contributed by atoms with van der Waals surface area (Å²) in [4.78, 5) is 0. The predicted octanol–water partition coefficient (Wildman–Crippen LogP) is 5.06. The van der Waals surface area contributed by atoms with Crippen LogP contribution in [0.25, 0.3) is 0 Å². The Morgan fingerprint density at radius 2 is 1.95 bits per heavy atom. The van der Waals surface area contributed by atoms with E-state index in [9.17, 15) is 4.39 Å². The Labute approximate surface area is 141 Å². The van der Waals surface area contributed by atoms with Crippen molar-refractivity contribution in [2.24, 2.45) is 0 Å². The van der Waals surface area contributed by atoms with E-state index in [2.05, 4.69) is 37.2 Å². The van der Waals surface area contributed by atoms with E-state index in [0.29, 0.717) is 6.61 Å². The van der Waals surface area contributed by atoms with E-state index in [1.54, 1.807) is 0 Å². The monoisotopic (exact) mass is 415 g/mol. The number of hydrogen-bond acceptors (Lipinski definition) is 2. The second-order valence-electron chi connectivity index (χ2n) is 4.54. The lowest BCUT2D eigenvalue weighted by Gasteiger charge is -2.20. The number of benzene rings is 2. The maximum Gasteiger partial charge on any atom is 0.124 e. The van der Waals surface area contributed by atoms with Crippen molar-refractivity contribution >= 4 is 31.9 Å². The summed E-state index contributed by atoms with van der Waals surface area (Å²) < 4.78 is 20.7. The minimum absolute atomic E-state index is 0.109. The molecule has 2 nitrogen and oxygen atoms in total. The summed E-state index contributed by atoms with van der Waals surface area (Å²) in [6, 6.07) is 10.6. The summed E-state index contributed by atoms with van der Waals surface area (Å²) in [5.74, 6) is 0.546. The van der Waals surface area contributed by atoms with Crippen molar-refractivity contribution in [2.75, 3.05) is 13.7 Å². The zero-order chi connectivity index (χ0) is 15.4. The average Bonchev–Trinajstić information content (AvgIpc) is 2.41. The lowest BCUT2D eigenvalue weighted by atomic mass is 9.98. The van der Waals surface area contributed by atoms with Crippen molar-refractivity contribution in [1.82, 2.24) is 5.32 Å². The van der Waals surface area contributed by atoms with Crippen molar-refractivity contribution in [3.05, 3.63) is 62.3 Å². The summed E-state index contributed by atoms with van der Waals surface area (Å²) in [7, 11) is 1.85. The van der Waals surface area contributed by atoms with Crippen LogP contribution in [0.5, 0.6) is 5.75 Å². The van der Waals surface area contributed by atoms with E-state index in [1.165, 1.54) is 12.1 Å². The highest BCUT2D eigenvalue weighted by Gasteiger charge is 2.17. The zero-order valence-electron chi connectivity index (χ0n) is 11.8. The van der Waals surface area contributed by atoms with Crippen LogP contribution in [0, 0.1) is 5.82 Å². The molecule has 0 fully saturated rings. The van der Waals surface area contributed by atoms with Gasteiger partial charge in [-0.1, -0.05) is 37.9 Å². The second kappa shape index (κ2) is 7.38. The average molecular weight is 417 g/mol. The molecule has 0 spiro atoms. The number of halogens is 3. The molecule has 5 heteroatoms. The van der Waals surface area contributed by atoms with Gasteiger partial charge in [-0.15, -0.1) is 0 Å². The zero-order valence-corrected chi connectivity index (χ0v) is 15.0. The molecule has 2 aromatic carbocycles. The molecule has 2 rings (SSSR count). The topological polar surface area (TPSA) is 21.3 Å². The van der Waals surface area contributed by atoms with Crippen LogP contribution in [0.3, 0.4) is 0 Å². The molecule has 0 aliphatic carbocycles. The van der Waals surface area contributed by atoms with E-state index >= 15 is 0 Å². The Hall–Kier alpha value is -0.910. The van der Waals surface area contributed by atoms with E-state index in [0.717, 1.165) is 25.8 Å². The summed E-state index contributed by atoms with van der Waals surface area (Å²) in [6.07, 6.45) is 0. The molecule has 112 valence electrons. The summed E-state index contributed by atoms with van der Waals surface area (Å²) in [5, 5.41) is 3.22. The van der Waals surface area contributed by atoms with E-state index in [-0.39, 0.29) is 11.9 Å². The van der Waals surface area contributed by atoms with E-state index in [4.69, 9.17) is 4.74 Å². The van der Waals surface area contributed by atoms with Crippen molar-refractivity contribution in [1.29, 1.82) is 0 Å². The molecule has 1 unspecified atom stereocenters. The van der Waals surface area contributed by atoms with Gasteiger partial charge >= 0.3 is 0 Å². The molecule has 1 atom stereocenters. The Bertz CT molecular complexity index is 613. The van der Waals surface area contributed by atoms with Crippen molar-refractivity contribution in [2.45, 2.75) is 13.0 Å². The smallest absolute Gasteiger partial charge is 0.124 e. The van der Waals surface area contributed by atoms with Gasteiger partial charge in [-0.3, -0.25) is 0 Å². The predicted molar refractivity (Wildman–Crippen MR) is 90.3 cm³/mol. The maximum atomic E-state index is 13.6. The van der Waals surface area contributed by atoms with Gasteiger partial charge in [0.15, 0.2) is 0 Å². The van der Waals surface area contributed by atoms with Crippen LogP contribution in [0.1, 0.15) is 24.1 Å². The highest BCUT2D eigenvalue weighted by atomic mass is 79.9. The number of nitrogens with one attached hydrogen (secondary N) is 1. The van der Waals surface area contributed by atoms with Crippen LogP contribution in [0.2, 0.25) is 0 Å². The minimum Gasteiger partial charge on any atom is -0.494 e. The first kappa shape index (κ1) is 16.5. The van der Waals surface area contributed by atoms with Crippen molar-refractivity contribution < 1.29 is 9.13 Å². The third kappa shape index (κ3) is 4.05. The fraction of sp³-hybridized carbons (Fsp3) is 0.250. The molecule has 0 saturated carbocycles. The molecule has 0 amide bonds. The quantitative estimate of drug-likeness (QED) is 0.735. The second-order valence-corrected chi connectivity index (χ2v) is 6.31. The molecule has 21 heavy (non-hydrogen) atoms. The molecule has 0 radical (unpaired) electrons. The Morgan fingerprint density at radius 1 is 1.19 bits per heavy atom. The van der Waals surface area contributed by atoms with Gasteiger partial charge in [0.1, 0.15) is 11.6 Å². The van der Waals surface area contributed by atoms with Gasteiger partial charge < -0.3 is 10.1 Å². The third-order valence-electron chi connectivity index (χ3n) is 3.10. The highest BCUT2D eigenvalue weighted by molar-refractivity contribution is 9.10. The molecule has 1 N–H and O–H groups in total. The van der Waals surface area contributed by atoms with E-state index < -0.39 is 0 Å². The SMILES string of the molecule is CCOc1ccc(C(NC)c2cc(F)cc(Br)c2)c(Br)c1. The summed E-state index contributed by atoms with van der Waals surface area (Å²) in [6.45, 7) is 2.57. The van der Waals surface area contributed by atoms with Crippen molar-refractivity contribution in [3.8, 4) is 5.75 Å². The Kier molecular flexibility index (Phi) is 5.79. The van der Waals surface area contributed by atoms with Crippen LogP contribution in [-0.4, -0.2) is 13.7 Å². The molecule has 2 aromatic rings. The molecular formula is C16H16Br2FNO. The molecule has 0 bridgehead atoms. The van der Waals surface area contributed by atoms with Crippen LogP contribution < -0.4 is 10.1 Å². The van der Waals surface area contributed by atoms with Crippen molar-refractivity contribution in [3.63, 3.8) is 0 Å².